The van der Waals surface area contributed by atoms with Crippen LogP contribution in [0.5, 0.6) is 0 Å². The number of anilines is 2. The third kappa shape index (κ3) is 4.18. The van der Waals surface area contributed by atoms with E-state index >= 15 is 0 Å². The van der Waals surface area contributed by atoms with Gasteiger partial charge in [-0.1, -0.05) is 11.6 Å². The number of aryl methyl sites for hydroxylation is 1. The third-order valence-electron chi connectivity index (χ3n) is 4.87. The molecule has 0 radical (unpaired) electrons. The summed E-state index contributed by atoms with van der Waals surface area (Å²) < 4.78 is 26.9. The van der Waals surface area contributed by atoms with Crippen molar-refractivity contribution in [2.24, 2.45) is 0 Å². The van der Waals surface area contributed by atoms with E-state index in [2.05, 4.69) is 16.7 Å². The van der Waals surface area contributed by atoms with Crippen LogP contribution in [0.4, 0.5) is 20.2 Å². The molecule has 0 saturated heterocycles. The Kier molecular flexibility index (Phi) is 5.31. The highest BCUT2D eigenvalue weighted by molar-refractivity contribution is 6.00. The normalized spacial score (nSPS) is 15.3. The Morgan fingerprint density at radius 3 is 2.41 bits per heavy atom. The van der Waals surface area contributed by atoms with E-state index in [-0.39, 0.29) is 11.9 Å². The first-order valence-electron chi connectivity index (χ1n) is 9.06. The van der Waals surface area contributed by atoms with Gasteiger partial charge in [0.15, 0.2) is 0 Å². The average molecular weight is 370 g/mol. The topological polar surface area (TPSA) is 41.1 Å². The van der Waals surface area contributed by atoms with Crippen molar-refractivity contribution in [3.8, 4) is 0 Å². The van der Waals surface area contributed by atoms with Crippen molar-refractivity contribution < 1.29 is 13.6 Å². The average Bonchev–Trinajstić information content (AvgIpc) is 2.92. The first-order chi connectivity index (χ1) is 12.7. The minimum atomic E-state index is -0.597. The fraction of sp³-hybridized carbons (Fsp3) is 0.318. The molecule has 27 heavy (non-hydrogen) atoms. The number of benzene rings is 2. The number of rotatable bonds is 4. The summed E-state index contributed by atoms with van der Waals surface area (Å²) in [4.78, 5) is 12.1. The zero-order valence-electron chi connectivity index (χ0n) is 16.0. The SMILES string of the molecule is CC(C)=CC(=O)Nc1c(C)cc2c(c1C)CCC2Nc1cc(F)cc(F)c1. The molecular formula is C22H24F2N2O. The lowest BCUT2D eigenvalue weighted by atomic mass is 9.97. The molecule has 1 amide bonds. The van der Waals surface area contributed by atoms with Gasteiger partial charge >= 0.3 is 0 Å². The molecule has 0 bridgehead atoms. The number of carbonyl (C=O) groups excluding carboxylic acids is 1. The van der Waals surface area contributed by atoms with Gasteiger partial charge in [-0.2, -0.15) is 0 Å². The molecule has 0 heterocycles. The maximum Gasteiger partial charge on any atom is 0.248 e. The number of amides is 1. The van der Waals surface area contributed by atoms with Crippen LogP contribution < -0.4 is 10.6 Å². The van der Waals surface area contributed by atoms with Crippen molar-refractivity contribution in [2.45, 2.75) is 46.6 Å². The second-order valence-electron chi connectivity index (χ2n) is 7.37. The fourth-order valence-corrected chi connectivity index (χ4v) is 3.74. The van der Waals surface area contributed by atoms with Crippen LogP contribution in [0.3, 0.4) is 0 Å². The maximum atomic E-state index is 13.5. The van der Waals surface area contributed by atoms with Gasteiger partial charge in [0.05, 0.1) is 6.04 Å². The standard InChI is InChI=1S/C22H24F2N2O/c1-12(2)7-21(27)26-22-13(3)8-19-18(14(22)4)5-6-20(19)25-17-10-15(23)9-16(24)11-17/h7-11,20,25H,5-6H2,1-4H3,(H,26,27). The summed E-state index contributed by atoms with van der Waals surface area (Å²) in [6.45, 7) is 7.73. The number of carbonyl (C=O) groups is 1. The van der Waals surface area contributed by atoms with Crippen LogP contribution in [0.15, 0.2) is 35.9 Å². The molecule has 5 heteroatoms. The zero-order chi connectivity index (χ0) is 19.7. The lowest BCUT2D eigenvalue weighted by molar-refractivity contribution is -0.112. The van der Waals surface area contributed by atoms with Crippen LogP contribution in [-0.2, 0) is 11.2 Å². The van der Waals surface area contributed by atoms with Gasteiger partial charge in [-0.3, -0.25) is 4.79 Å². The van der Waals surface area contributed by atoms with Crippen molar-refractivity contribution in [3.63, 3.8) is 0 Å². The van der Waals surface area contributed by atoms with Gasteiger partial charge in [0.25, 0.3) is 0 Å². The number of fused-ring (bicyclic) bond motifs is 1. The molecule has 3 nitrogen and oxygen atoms in total. The number of allylic oxidation sites excluding steroid dienone is 1. The van der Waals surface area contributed by atoms with Crippen molar-refractivity contribution in [1.29, 1.82) is 0 Å². The van der Waals surface area contributed by atoms with Gasteiger partial charge in [0.2, 0.25) is 5.91 Å². The molecule has 2 aromatic carbocycles. The van der Waals surface area contributed by atoms with E-state index in [1.54, 1.807) is 6.08 Å². The molecule has 0 fully saturated rings. The van der Waals surface area contributed by atoms with Gasteiger partial charge in [-0.15, -0.1) is 0 Å². The van der Waals surface area contributed by atoms with E-state index in [0.717, 1.165) is 46.9 Å². The summed E-state index contributed by atoms with van der Waals surface area (Å²) >= 11 is 0. The highest BCUT2D eigenvalue weighted by atomic mass is 19.1. The van der Waals surface area contributed by atoms with Crippen molar-refractivity contribution in [2.75, 3.05) is 10.6 Å². The molecule has 142 valence electrons. The number of hydrogen-bond acceptors (Lipinski definition) is 2. The summed E-state index contributed by atoms with van der Waals surface area (Å²) in [5.74, 6) is -1.33. The second-order valence-corrected chi connectivity index (χ2v) is 7.37. The predicted octanol–water partition coefficient (Wildman–Crippen LogP) is 5.59. The van der Waals surface area contributed by atoms with Crippen LogP contribution in [0.1, 0.15) is 48.6 Å². The molecule has 2 aromatic rings. The Bertz CT molecular complexity index is 910. The van der Waals surface area contributed by atoms with Gasteiger partial charge in [-0.25, -0.2) is 8.78 Å². The molecule has 0 aliphatic heterocycles. The number of hydrogen-bond donors (Lipinski definition) is 2. The summed E-state index contributed by atoms with van der Waals surface area (Å²) in [5.41, 5.74) is 6.54. The monoisotopic (exact) mass is 370 g/mol. The van der Waals surface area contributed by atoms with Crippen LogP contribution in [0.2, 0.25) is 0 Å². The van der Waals surface area contributed by atoms with Crippen LogP contribution in [0.25, 0.3) is 0 Å². The molecule has 1 unspecified atom stereocenters. The van der Waals surface area contributed by atoms with E-state index < -0.39 is 11.6 Å². The minimum absolute atomic E-state index is 0.0128. The smallest absolute Gasteiger partial charge is 0.248 e. The molecule has 0 aromatic heterocycles. The maximum absolute atomic E-state index is 13.5. The first-order valence-corrected chi connectivity index (χ1v) is 9.06. The molecule has 0 spiro atoms. The Balaban J connectivity index is 1.89. The quantitative estimate of drug-likeness (QED) is 0.689. The predicted molar refractivity (Wildman–Crippen MR) is 105 cm³/mol. The summed E-state index contributed by atoms with van der Waals surface area (Å²) in [6.07, 6.45) is 3.26. The van der Waals surface area contributed by atoms with Crippen LogP contribution in [0, 0.1) is 25.5 Å². The third-order valence-corrected chi connectivity index (χ3v) is 4.87. The van der Waals surface area contributed by atoms with Gasteiger partial charge in [-0.05, 0) is 74.9 Å². The summed E-state index contributed by atoms with van der Waals surface area (Å²) in [5, 5.41) is 6.23. The second kappa shape index (κ2) is 7.51. The van der Waals surface area contributed by atoms with Gasteiger partial charge in [0.1, 0.15) is 11.6 Å². The van der Waals surface area contributed by atoms with Crippen molar-refractivity contribution in [1.82, 2.24) is 0 Å². The highest BCUT2D eigenvalue weighted by Gasteiger charge is 2.26. The highest BCUT2D eigenvalue weighted by Crippen LogP contribution is 2.40. The van der Waals surface area contributed by atoms with Crippen LogP contribution in [-0.4, -0.2) is 5.91 Å². The Morgan fingerprint density at radius 1 is 1.11 bits per heavy atom. The summed E-state index contributed by atoms with van der Waals surface area (Å²) in [6, 6.07) is 5.51. The van der Waals surface area contributed by atoms with E-state index in [9.17, 15) is 13.6 Å². The molecular weight excluding hydrogens is 346 g/mol. The first kappa shape index (κ1) is 19.1. The lowest BCUT2D eigenvalue weighted by Crippen LogP contribution is -2.13. The van der Waals surface area contributed by atoms with E-state index in [0.29, 0.717) is 5.69 Å². The summed E-state index contributed by atoms with van der Waals surface area (Å²) in [7, 11) is 0. The van der Waals surface area contributed by atoms with E-state index in [4.69, 9.17) is 0 Å². The fourth-order valence-electron chi connectivity index (χ4n) is 3.74. The molecule has 2 N–H and O–H groups in total. The largest absolute Gasteiger partial charge is 0.378 e. The number of nitrogens with one attached hydrogen (secondary N) is 2. The molecule has 0 saturated carbocycles. The van der Waals surface area contributed by atoms with E-state index in [1.807, 2.05) is 27.7 Å². The Labute approximate surface area is 158 Å². The minimum Gasteiger partial charge on any atom is -0.378 e. The zero-order valence-corrected chi connectivity index (χ0v) is 16.0. The van der Waals surface area contributed by atoms with Gasteiger partial charge < -0.3 is 10.6 Å². The number of halogens is 2. The molecule has 3 rings (SSSR count). The van der Waals surface area contributed by atoms with Crippen molar-refractivity contribution >= 4 is 17.3 Å². The Hall–Kier alpha value is -2.69. The van der Waals surface area contributed by atoms with Gasteiger partial charge in [0, 0.05) is 23.5 Å². The molecule has 1 aliphatic carbocycles. The molecule has 1 aliphatic rings. The van der Waals surface area contributed by atoms with Crippen molar-refractivity contribution in [3.05, 3.63) is 69.8 Å². The Morgan fingerprint density at radius 2 is 1.78 bits per heavy atom. The molecule has 1 atom stereocenters. The van der Waals surface area contributed by atoms with Crippen LogP contribution >= 0.6 is 0 Å². The van der Waals surface area contributed by atoms with E-state index in [1.165, 1.54) is 17.7 Å². The lowest BCUT2D eigenvalue weighted by Gasteiger charge is -2.19.